The third-order valence-corrected chi connectivity index (χ3v) is 6.94. The fourth-order valence-electron chi connectivity index (χ4n) is 3.40. The quantitative estimate of drug-likeness (QED) is 0.347. The first-order chi connectivity index (χ1) is 13.0. The summed E-state index contributed by atoms with van der Waals surface area (Å²) < 4.78 is 56.0. The van der Waals surface area contributed by atoms with E-state index in [1.165, 1.54) is 0 Å². The lowest BCUT2D eigenvalue weighted by molar-refractivity contribution is -0.0323. The minimum Gasteiger partial charge on any atom is -0.387 e. The van der Waals surface area contributed by atoms with Crippen molar-refractivity contribution in [2.24, 2.45) is 0 Å². The monoisotopic (exact) mass is 448 g/mol. The Kier molecular flexibility index (Phi) is 7.03. The molecule has 4 unspecified atom stereocenters. The summed E-state index contributed by atoms with van der Waals surface area (Å²) in [6, 6.07) is 0. The fraction of sp³-hybridized carbons (Fsp3) is 1.00. The zero-order chi connectivity index (χ0) is 20.7. The highest BCUT2D eigenvalue weighted by atomic mass is 31.2. The largest absolute Gasteiger partial charge is 0.387 e. The Bertz CT molecular complexity index is 592. The van der Waals surface area contributed by atoms with Crippen LogP contribution in [0.25, 0.3) is 0 Å². The van der Waals surface area contributed by atoms with Gasteiger partial charge in [-0.1, -0.05) is 0 Å². The second-order valence-corrected chi connectivity index (χ2v) is 10.7. The van der Waals surface area contributed by atoms with Gasteiger partial charge in [-0.25, -0.2) is 0 Å². The van der Waals surface area contributed by atoms with Gasteiger partial charge >= 0.3 is 15.2 Å². The molecule has 3 rings (SSSR count). The standard InChI is InChI=1S/C14H26O12P2/c1-7-13-11(15)9(25-7)3-23-28(19,20)6-22-14-8(2)26-10(12(14)16)4-24-27(17,18)5-21-13/h7-16H,3-6H2,1-2H3,(H,17,18)(H,19,20)/t7-,8-,9+,10+,11?,12?,13-,14-/m0/s1. The second-order valence-electron chi connectivity index (χ2n) is 7.13. The SMILES string of the molecule is C[C@@H]1O[C@@H]2COP(=O)(O)CO[C@@H]3C(O)[C@@H](COP(=O)(O)CO[C@@H]1C2O)O[C@H]3C. The van der Waals surface area contributed by atoms with E-state index in [1.807, 2.05) is 0 Å². The Labute approximate surface area is 161 Å². The van der Waals surface area contributed by atoms with Gasteiger partial charge in [-0.05, 0) is 13.8 Å². The lowest BCUT2D eigenvalue weighted by Gasteiger charge is -2.24. The van der Waals surface area contributed by atoms with Crippen molar-refractivity contribution in [3.05, 3.63) is 0 Å². The number of ether oxygens (including phenoxy) is 4. The molecule has 28 heavy (non-hydrogen) atoms. The predicted octanol–water partition coefficient (Wildman–Crippen LogP) is -0.614. The molecule has 3 saturated heterocycles. The van der Waals surface area contributed by atoms with Gasteiger partial charge in [0.05, 0.1) is 25.4 Å². The van der Waals surface area contributed by atoms with Crippen molar-refractivity contribution in [2.45, 2.75) is 62.7 Å². The van der Waals surface area contributed by atoms with Crippen LogP contribution in [-0.2, 0) is 37.1 Å². The number of rotatable bonds is 0. The van der Waals surface area contributed by atoms with Crippen LogP contribution >= 0.6 is 15.2 Å². The molecular weight excluding hydrogens is 422 g/mol. The van der Waals surface area contributed by atoms with Crippen molar-refractivity contribution in [3.8, 4) is 0 Å². The van der Waals surface area contributed by atoms with Crippen molar-refractivity contribution in [1.82, 2.24) is 0 Å². The molecule has 3 aliphatic rings. The zero-order valence-corrected chi connectivity index (χ0v) is 17.2. The summed E-state index contributed by atoms with van der Waals surface area (Å²) in [7, 11) is -8.41. The van der Waals surface area contributed by atoms with E-state index >= 15 is 0 Å². The second kappa shape index (κ2) is 8.66. The molecule has 12 nitrogen and oxygen atoms in total. The normalized spacial score (nSPS) is 53.9. The summed E-state index contributed by atoms with van der Waals surface area (Å²) in [5.41, 5.74) is 0. The summed E-state index contributed by atoms with van der Waals surface area (Å²) in [5.74, 6) is 0. The van der Waals surface area contributed by atoms with E-state index in [1.54, 1.807) is 13.8 Å². The molecule has 4 N–H and O–H groups in total. The van der Waals surface area contributed by atoms with Crippen molar-refractivity contribution in [2.75, 3.05) is 25.9 Å². The van der Waals surface area contributed by atoms with Gasteiger partial charge in [-0.3, -0.25) is 9.13 Å². The zero-order valence-electron chi connectivity index (χ0n) is 15.4. The van der Waals surface area contributed by atoms with Crippen molar-refractivity contribution in [3.63, 3.8) is 0 Å². The van der Waals surface area contributed by atoms with Crippen LogP contribution < -0.4 is 0 Å². The molecule has 14 heteroatoms. The van der Waals surface area contributed by atoms with Gasteiger partial charge in [-0.2, -0.15) is 0 Å². The van der Waals surface area contributed by atoms with Gasteiger partial charge in [0.2, 0.25) is 0 Å². The van der Waals surface area contributed by atoms with E-state index in [2.05, 4.69) is 0 Å². The maximum absolute atomic E-state index is 12.2. The molecule has 3 aliphatic heterocycles. The third kappa shape index (κ3) is 5.21. The third-order valence-electron chi connectivity index (χ3n) is 4.88. The van der Waals surface area contributed by atoms with Crippen LogP contribution in [0, 0.1) is 0 Å². The van der Waals surface area contributed by atoms with Gasteiger partial charge in [0.15, 0.2) is 0 Å². The van der Waals surface area contributed by atoms with Gasteiger partial charge in [0.1, 0.15) is 49.3 Å². The minimum atomic E-state index is -4.20. The highest BCUT2D eigenvalue weighted by molar-refractivity contribution is 7.52. The van der Waals surface area contributed by atoms with Gasteiger partial charge < -0.3 is 48.0 Å². The molecule has 0 aromatic heterocycles. The van der Waals surface area contributed by atoms with Crippen LogP contribution in [0.5, 0.6) is 0 Å². The molecule has 0 amide bonds. The van der Waals surface area contributed by atoms with Gasteiger partial charge in [0, 0.05) is 0 Å². The smallest absolute Gasteiger partial charge is 0.353 e. The molecule has 3 heterocycles. The van der Waals surface area contributed by atoms with Crippen molar-refractivity contribution in [1.29, 1.82) is 0 Å². The van der Waals surface area contributed by atoms with Crippen LogP contribution in [0.4, 0.5) is 0 Å². The Morgan fingerprint density at radius 2 is 1.11 bits per heavy atom. The molecule has 10 atom stereocenters. The maximum Gasteiger partial charge on any atom is 0.353 e. The van der Waals surface area contributed by atoms with E-state index in [9.17, 15) is 29.1 Å². The molecule has 164 valence electrons. The van der Waals surface area contributed by atoms with Crippen LogP contribution in [-0.4, -0.2) is 94.7 Å². The molecular formula is C14H26O12P2. The lowest BCUT2D eigenvalue weighted by atomic mass is 10.1. The molecule has 0 spiro atoms. The van der Waals surface area contributed by atoms with Crippen LogP contribution in [0.1, 0.15) is 13.8 Å². The van der Waals surface area contributed by atoms with Crippen LogP contribution in [0.3, 0.4) is 0 Å². The molecule has 0 aromatic rings. The predicted molar refractivity (Wildman–Crippen MR) is 91.7 cm³/mol. The Hall–Kier alpha value is 0.0600. The summed E-state index contributed by atoms with van der Waals surface area (Å²) >= 11 is 0. The van der Waals surface area contributed by atoms with E-state index in [0.717, 1.165) is 0 Å². The van der Waals surface area contributed by atoms with E-state index in [-0.39, 0.29) is 0 Å². The average molecular weight is 448 g/mol. The van der Waals surface area contributed by atoms with Crippen LogP contribution in [0.15, 0.2) is 0 Å². The Morgan fingerprint density at radius 1 is 0.750 bits per heavy atom. The number of hydrogen-bond acceptors (Lipinski definition) is 10. The average Bonchev–Trinajstić information content (AvgIpc) is 3.03. The summed E-state index contributed by atoms with van der Waals surface area (Å²) in [6.45, 7) is 2.32. The first-order valence-corrected chi connectivity index (χ1v) is 12.3. The molecule has 0 aliphatic carbocycles. The summed E-state index contributed by atoms with van der Waals surface area (Å²) in [4.78, 5) is 19.9. The fourth-order valence-corrected chi connectivity index (χ4v) is 5.03. The molecule has 0 saturated carbocycles. The van der Waals surface area contributed by atoms with E-state index in [0.29, 0.717) is 0 Å². The van der Waals surface area contributed by atoms with Gasteiger partial charge in [-0.15, -0.1) is 0 Å². The van der Waals surface area contributed by atoms with Crippen molar-refractivity contribution >= 4 is 15.2 Å². The van der Waals surface area contributed by atoms with E-state index in [4.69, 9.17) is 28.0 Å². The number of aliphatic hydroxyl groups excluding tert-OH is 2. The summed E-state index contributed by atoms with van der Waals surface area (Å²) in [6.07, 6.45) is -9.11. The topological polar surface area (TPSA) is 170 Å². The highest BCUT2D eigenvalue weighted by Gasteiger charge is 2.47. The first-order valence-electron chi connectivity index (χ1n) is 8.82. The highest BCUT2D eigenvalue weighted by Crippen LogP contribution is 2.46. The molecule has 3 fully saturated rings. The van der Waals surface area contributed by atoms with Crippen molar-refractivity contribution < 1.29 is 57.1 Å². The molecule has 0 aromatic carbocycles. The molecule has 4 bridgehead atoms. The van der Waals surface area contributed by atoms with Crippen LogP contribution in [0.2, 0.25) is 0 Å². The lowest BCUT2D eigenvalue weighted by Crippen LogP contribution is -2.38. The number of aliphatic hydroxyl groups is 2. The Morgan fingerprint density at radius 3 is 1.46 bits per heavy atom. The number of hydrogen-bond donors (Lipinski definition) is 4. The Balaban J connectivity index is 1.76. The van der Waals surface area contributed by atoms with Gasteiger partial charge in [0.25, 0.3) is 0 Å². The van der Waals surface area contributed by atoms with E-state index < -0.39 is 89.9 Å². The maximum atomic E-state index is 12.2. The number of fused-ring (bicyclic) bond motifs is 4. The minimum absolute atomic E-state index is 0.419. The molecule has 0 radical (unpaired) electrons. The summed E-state index contributed by atoms with van der Waals surface area (Å²) in [5, 5.41) is 20.6. The first kappa shape index (κ1) is 22.7.